The minimum Gasteiger partial charge on any atom is -0.458 e. The number of ether oxygens (including phenoxy) is 2. The van der Waals surface area contributed by atoms with E-state index in [2.05, 4.69) is 218 Å². The van der Waals surface area contributed by atoms with Gasteiger partial charge in [-0.3, -0.25) is 0 Å². The highest BCUT2D eigenvalue weighted by molar-refractivity contribution is 7.02. The summed E-state index contributed by atoms with van der Waals surface area (Å²) in [5, 5.41) is 7.58. The molecule has 15 rings (SSSR count). The molecule has 4 aliphatic heterocycles. The molecular weight excluding hydrogens is 802 g/mol. The fourth-order valence-electron chi connectivity index (χ4n) is 12.3. The van der Waals surface area contributed by atoms with E-state index in [1.54, 1.807) is 0 Å². The van der Waals surface area contributed by atoms with Gasteiger partial charge in [0.05, 0.1) is 5.69 Å². The molecule has 0 amide bonds. The van der Waals surface area contributed by atoms with Crippen LogP contribution in [0.4, 0.5) is 34.1 Å². The number of benzene rings is 11. The molecule has 0 aliphatic carbocycles. The Morgan fingerprint density at radius 3 is 1.55 bits per heavy atom. The molecule has 11 aromatic carbocycles. The molecule has 4 aliphatic rings. The molecule has 0 atom stereocenters. The minimum atomic E-state index is -0.0608. The van der Waals surface area contributed by atoms with Crippen LogP contribution in [0.5, 0.6) is 23.0 Å². The van der Waals surface area contributed by atoms with E-state index in [4.69, 9.17) is 9.47 Å². The molecule has 306 valence electrons. The second-order valence-electron chi connectivity index (χ2n) is 18.4. The van der Waals surface area contributed by atoms with Crippen molar-refractivity contribution in [3.8, 4) is 34.1 Å². The number of anilines is 6. The van der Waals surface area contributed by atoms with Crippen LogP contribution in [0.2, 0.25) is 0 Å². The van der Waals surface area contributed by atoms with Gasteiger partial charge in [0.2, 0.25) is 0 Å². The molecule has 4 heterocycles. The number of para-hydroxylation sites is 3. The van der Waals surface area contributed by atoms with Crippen LogP contribution in [0, 0.1) is 13.8 Å². The van der Waals surface area contributed by atoms with Gasteiger partial charge in [-0.1, -0.05) is 133 Å². The van der Waals surface area contributed by atoms with Crippen LogP contribution in [0.25, 0.3) is 43.4 Å². The monoisotopic (exact) mass is 840 g/mol. The van der Waals surface area contributed by atoms with Crippen LogP contribution in [0.15, 0.2) is 194 Å². The average Bonchev–Trinajstić information content (AvgIpc) is 3.35. The smallest absolute Gasteiger partial charge is 0.256 e. The van der Waals surface area contributed by atoms with Gasteiger partial charge in [-0.15, -0.1) is 0 Å². The maximum absolute atomic E-state index is 6.87. The first-order valence-electron chi connectivity index (χ1n) is 23.0. The summed E-state index contributed by atoms with van der Waals surface area (Å²) in [4.78, 5) is 5.01. The molecule has 0 aromatic heterocycles. The summed E-state index contributed by atoms with van der Waals surface area (Å²) in [6.45, 7) is 4.37. The highest BCUT2D eigenvalue weighted by atomic mass is 16.5. The van der Waals surface area contributed by atoms with Crippen LogP contribution in [0.1, 0.15) is 11.1 Å². The Hall–Kier alpha value is -8.21. The van der Waals surface area contributed by atoms with Crippen LogP contribution in [-0.2, 0) is 0 Å². The Labute approximate surface area is 383 Å². The number of hydrogen-bond acceptors (Lipinski definition) is 4. The normalized spacial score (nSPS) is 13.7. The van der Waals surface area contributed by atoms with Crippen molar-refractivity contribution in [1.29, 1.82) is 0 Å². The summed E-state index contributed by atoms with van der Waals surface area (Å²) >= 11 is 0. The molecular formula is C60H38B2N2O2. The van der Waals surface area contributed by atoms with Crippen molar-refractivity contribution in [2.45, 2.75) is 13.8 Å². The van der Waals surface area contributed by atoms with Crippen molar-refractivity contribution in [2.24, 2.45) is 0 Å². The Morgan fingerprint density at radius 2 is 0.879 bits per heavy atom. The standard InChI is InChI=1S/C60H38B2N2O2/c1-35-13-10-14-36(2)56(35)40-29-25-37-27-31-42-47(32-28-38-26-30-41(40)57(37)58(38)42)64-49-20-12-24-55-60(49)62(44-18-7-9-22-53(44)66-55)46-33-45-50(34-51(46)64)63(39-15-4-3-5-16-39)48-19-11-23-54-59(48)61(45)43-17-6-8-21-52(43)65-54/h3-34H,1-2H3. The summed E-state index contributed by atoms with van der Waals surface area (Å²) < 4.78 is 13.6. The third-order valence-corrected chi connectivity index (χ3v) is 15.0. The second kappa shape index (κ2) is 13.2. The van der Waals surface area contributed by atoms with Crippen LogP contribution < -0.4 is 52.1 Å². The predicted molar refractivity (Wildman–Crippen MR) is 277 cm³/mol. The average molecular weight is 841 g/mol. The van der Waals surface area contributed by atoms with E-state index >= 15 is 0 Å². The van der Waals surface area contributed by atoms with Gasteiger partial charge >= 0.3 is 0 Å². The van der Waals surface area contributed by atoms with Gasteiger partial charge in [0.1, 0.15) is 23.0 Å². The first-order valence-corrected chi connectivity index (χ1v) is 23.0. The number of hydrogen-bond donors (Lipinski definition) is 0. The first-order chi connectivity index (χ1) is 32.6. The third-order valence-electron chi connectivity index (χ3n) is 15.0. The van der Waals surface area contributed by atoms with Crippen molar-refractivity contribution in [2.75, 3.05) is 9.80 Å². The Morgan fingerprint density at radius 1 is 0.364 bits per heavy atom. The van der Waals surface area contributed by atoms with Crippen LogP contribution >= 0.6 is 0 Å². The van der Waals surface area contributed by atoms with Crippen LogP contribution in [0.3, 0.4) is 0 Å². The molecule has 0 unspecified atom stereocenters. The Balaban J connectivity index is 1.05. The zero-order valence-corrected chi connectivity index (χ0v) is 36.3. The van der Waals surface area contributed by atoms with Crippen LogP contribution in [-0.4, -0.2) is 13.4 Å². The summed E-state index contributed by atoms with van der Waals surface area (Å²) in [5.41, 5.74) is 19.3. The molecule has 0 N–H and O–H groups in total. The summed E-state index contributed by atoms with van der Waals surface area (Å²) in [5.74, 6) is 3.61. The van der Waals surface area contributed by atoms with E-state index in [1.807, 2.05) is 0 Å². The topological polar surface area (TPSA) is 24.9 Å². The minimum absolute atomic E-state index is 0.0396. The lowest BCUT2D eigenvalue weighted by molar-refractivity contribution is 0.487. The number of rotatable bonds is 3. The zero-order chi connectivity index (χ0) is 43.4. The first kappa shape index (κ1) is 36.2. The van der Waals surface area contributed by atoms with Crippen molar-refractivity contribution >= 4 is 113 Å². The number of fused-ring (bicyclic) bond motifs is 8. The number of aryl methyl sites for hydroxylation is 2. The Kier molecular flexibility index (Phi) is 7.22. The van der Waals surface area contributed by atoms with E-state index in [-0.39, 0.29) is 13.4 Å². The summed E-state index contributed by atoms with van der Waals surface area (Å²) in [7, 11) is 0. The molecule has 4 nitrogen and oxygen atoms in total. The lowest BCUT2D eigenvalue weighted by Crippen LogP contribution is -2.63. The van der Waals surface area contributed by atoms with Gasteiger partial charge in [-0.25, -0.2) is 0 Å². The van der Waals surface area contributed by atoms with Gasteiger partial charge < -0.3 is 19.3 Å². The summed E-state index contributed by atoms with van der Waals surface area (Å²) in [6.07, 6.45) is 0. The van der Waals surface area contributed by atoms with E-state index in [9.17, 15) is 0 Å². The molecule has 0 spiro atoms. The van der Waals surface area contributed by atoms with Gasteiger partial charge in [-0.2, -0.15) is 0 Å². The van der Waals surface area contributed by atoms with Gasteiger partial charge in [0.25, 0.3) is 13.4 Å². The Bertz CT molecular complexity index is 3880. The van der Waals surface area contributed by atoms with E-state index < -0.39 is 0 Å². The van der Waals surface area contributed by atoms with Crippen molar-refractivity contribution in [3.05, 3.63) is 205 Å². The molecule has 66 heavy (non-hydrogen) atoms. The summed E-state index contributed by atoms with van der Waals surface area (Å²) in [6, 6.07) is 71.5. The highest BCUT2D eigenvalue weighted by Crippen LogP contribution is 2.49. The molecule has 0 bridgehead atoms. The quantitative estimate of drug-likeness (QED) is 0.131. The maximum atomic E-state index is 6.87. The maximum Gasteiger partial charge on any atom is 0.256 e. The molecule has 0 fully saturated rings. The van der Waals surface area contributed by atoms with Gasteiger partial charge in [0, 0.05) is 33.8 Å². The molecule has 0 saturated heterocycles. The fraction of sp³-hybridized carbons (Fsp3) is 0.0333. The lowest BCUT2D eigenvalue weighted by Gasteiger charge is -2.44. The fourth-order valence-corrected chi connectivity index (χ4v) is 12.3. The molecule has 11 aromatic rings. The van der Waals surface area contributed by atoms with E-state index in [0.29, 0.717) is 0 Å². The predicted octanol–water partition coefficient (Wildman–Crippen LogP) is 11.7. The van der Waals surface area contributed by atoms with Gasteiger partial charge in [0.15, 0.2) is 0 Å². The zero-order valence-electron chi connectivity index (χ0n) is 36.3. The highest BCUT2D eigenvalue weighted by Gasteiger charge is 2.47. The molecule has 0 saturated carbocycles. The largest absolute Gasteiger partial charge is 0.458 e. The van der Waals surface area contributed by atoms with Crippen molar-refractivity contribution in [1.82, 2.24) is 0 Å². The van der Waals surface area contributed by atoms with Gasteiger partial charge in [-0.05, 0) is 156 Å². The third kappa shape index (κ3) is 4.75. The second-order valence-corrected chi connectivity index (χ2v) is 18.4. The molecule has 0 radical (unpaired) electrons. The van der Waals surface area contributed by atoms with Crippen molar-refractivity contribution in [3.63, 3.8) is 0 Å². The van der Waals surface area contributed by atoms with E-state index in [0.717, 1.165) is 57.1 Å². The lowest BCUT2D eigenvalue weighted by atomic mass is 9.31. The molecule has 6 heteroatoms. The van der Waals surface area contributed by atoms with Crippen molar-refractivity contribution < 1.29 is 9.47 Å². The van der Waals surface area contributed by atoms with E-state index in [1.165, 1.54) is 87.3 Å². The SMILES string of the molecule is Cc1cccc(C)c1-c1ccc2ccc3c(N4c5cc6c(cc5B5c7ccccc7Oc7cccc4c75)B4c5ccccc5Oc5cccc(c54)N6c4ccccc4)ccc4ccc1c2c43. The number of nitrogens with zero attached hydrogens (tertiary/aromatic N) is 2.